The molecule has 0 saturated carbocycles. The Morgan fingerprint density at radius 1 is 0.548 bits per heavy atom. The second kappa shape index (κ2) is 14.3. The van der Waals surface area contributed by atoms with Gasteiger partial charge in [-0.25, -0.2) is 12.1 Å². The van der Waals surface area contributed by atoms with Crippen molar-refractivity contribution in [3.63, 3.8) is 0 Å². The summed E-state index contributed by atoms with van der Waals surface area (Å²) in [5.74, 6) is 0. The van der Waals surface area contributed by atoms with E-state index in [-0.39, 0.29) is 10.8 Å². The summed E-state index contributed by atoms with van der Waals surface area (Å²) >= 11 is -2.44. The maximum atomic E-state index is 6.24. The van der Waals surface area contributed by atoms with E-state index in [1.165, 1.54) is 32.7 Å². The minimum Gasteiger partial charge on any atom is -0.214 e. The molecule has 42 heavy (non-hydrogen) atoms. The molecule has 0 bridgehead atoms. The molecule has 0 aromatic heterocycles. The molecule has 0 heterocycles. The third-order valence-electron chi connectivity index (χ3n) is 7.31. The van der Waals surface area contributed by atoms with Crippen molar-refractivity contribution in [2.45, 2.75) is 52.4 Å². The fourth-order valence-corrected chi connectivity index (χ4v) is 9.32. The molecule has 0 saturated heterocycles. The van der Waals surface area contributed by atoms with E-state index in [1.807, 2.05) is 66.7 Å². The first-order chi connectivity index (χ1) is 19.9. The summed E-state index contributed by atoms with van der Waals surface area (Å²) in [5, 5.41) is 5.49. The van der Waals surface area contributed by atoms with Crippen molar-refractivity contribution in [1.29, 1.82) is 0 Å². The average Bonchev–Trinajstić information content (AvgIpc) is 3.65. The molecule has 0 amide bonds. The van der Waals surface area contributed by atoms with Gasteiger partial charge in [-0.1, -0.05) is 76.9 Å². The Hall–Kier alpha value is -2.57. The Morgan fingerprint density at radius 2 is 0.952 bits per heavy atom. The molecule has 0 aliphatic heterocycles. The van der Waals surface area contributed by atoms with Crippen molar-refractivity contribution < 1.29 is 18.9 Å². The van der Waals surface area contributed by atoms with Crippen LogP contribution < -0.4 is 0 Å². The number of fused-ring (bicyclic) bond motifs is 3. The van der Waals surface area contributed by atoms with E-state index in [1.54, 1.807) is 0 Å². The minimum absolute atomic E-state index is 0.194. The normalized spacial score (nSPS) is 11.3. The van der Waals surface area contributed by atoms with Crippen LogP contribution in [0.2, 0.25) is 0 Å². The van der Waals surface area contributed by atoms with Crippen LogP contribution in [0, 0.1) is 0 Å². The molecule has 0 spiro atoms. The number of rotatable bonds is 2. The zero-order valence-electron chi connectivity index (χ0n) is 25.5. The van der Waals surface area contributed by atoms with E-state index in [4.69, 9.17) is 17.0 Å². The first-order valence-electron chi connectivity index (χ1n) is 14.4. The van der Waals surface area contributed by atoms with Gasteiger partial charge in [0, 0.05) is 0 Å². The molecular weight excluding hydrogens is 631 g/mol. The molecule has 0 aliphatic rings. The molecular formula is C39H40Cl2Zr-2. The Bertz CT molecular complexity index is 1600. The average molecular weight is 671 g/mol. The quantitative estimate of drug-likeness (QED) is 0.161. The van der Waals surface area contributed by atoms with Gasteiger partial charge in [0.15, 0.2) is 0 Å². The number of hydrogen-bond acceptors (Lipinski definition) is 0. The molecule has 6 aromatic rings. The summed E-state index contributed by atoms with van der Waals surface area (Å²) in [7, 11) is 12.5. The molecule has 3 heteroatoms. The van der Waals surface area contributed by atoms with E-state index in [0.29, 0.717) is 0 Å². The van der Waals surface area contributed by atoms with Gasteiger partial charge in [0.25, 0.3) is 0 Å². The second-order valence-electron chi connectivity index (χ2n) is 12.6. The Morgan fingerprint density at radius 3 is 1.26 bits per heavy atom. The summed E-state index contributed by atoms with van der Waals surface area (Å²) in [6.07, 6.45) is 0. The van der Waals surface area contributed by atoms with Crippen molar-refractivity contribution >= 4 is 41.8 Å². The topological polar surface area (TPSA) is 0 Å². The molecule has 0 N–H and O–H groups in total. The van der Waals surface area contributed by atoms with Gasteiger partial charge in [-0.15, -0.1) is 39.7 Å². The monoisotopic (exact) mass is 668 g/mol. The van der Waals surface area contributed by atoms with E-state index >= 15 is 0 Å². The summed E-state index contributed by atoms with van der Waals surface area (Å²) in [6.45, 7) is 13.7. The first kappa shape index (κ1) is 32.3. The van der Waals surface area contributed by atoms with Crippen LogP contribution in [0.5, 0.6) is 0 Å². The predicted molar refractivity (Wildman–Crippen MR) is 184 cm³/mol. The SMILES string of the molecule is CC(C)(C)c1ccc2[cH-]c3ccc(C(C)(C)C)cc3c2c1.[Cl][Zr]([Cl])=[C](c1ccccc1)c1ccccc1.c1cc[cH-]c1. The zero-order chi connectivity index (χ0) is 30.3. The molecule has 0 aliphatic carbocycles. The van der Waals surface area contributed by atoms with Crippen LogP contribution in [-0.4, -0.2) is 3.21 Å². The van der Waals surface area contributed by atoms with Gasteiger partial charge in [0.2, 0.25) is 0 Å². The van der Waals surface area contributed by atoms with Crippen LogP contribution in [0.1, 0.15) is 63.8 Å². The smallest absolute Gasteiger partial charge is 0.172 e. The fraction of sp³-hybridized carbons (Fsp3) is 0.205. The summed E-state index contributed by atoms with van der Waals surface area (Å²) in [6, 6.07) is 46.4. The van der Waals surface area contributed by atoms with E-state index in [0.717, 1.165) is 14.3 Å². The summed E-state index contributed by atoms with van der Waals surface area (Å²) in [5.41, 5.74) is 5.49. The van der Waals surface area contributed by atoms with Crippen molar-refractivity contribution in [3.8, 4) is 0 Å². The Kier molecular flexibility index (Phi) is 11.0. The largest absolute Gasteiger partial charge is 0.214 e. The van der Waals surface area contributed by atoms with Gasteiger partial charge in [-0.2, -0.15) is 18.2 Å². The molecule has 0 fully saturated rings. The molecule has 6 aromatic carbocycles. The molecule has 6 rings (SSSR count). The molecule has 216 valence electrons. The zero-order valence-corrected chi connectivity index (χ0v) is 29.4. The van der Waals surface area contributed by atoms with Crippen molar-refractivity contribution in [2.75, 3.05) is 0 Å². The maximum Gasteiger partial charge on any atom is -0.172 e. The predicted octanol–water partition coefficient (Wildman–Crippen LogP) is 11.9. The van der Waals surface area contributed by atoms with Crippen LogP contribution in [0.3, 0.4) is 0 Å². The van der Waals surface area contributed by atoms with Crippen molar-refractivity contribution in [1.82, 2.24) is 0 Å². The molecule has 0 atom stereocenters. The Balaban J connectivity index is 0.000000170. The number of hydrogen-bond donors (Lipinski definition) is 0. The molecule has 0 nitrogen and oxygen atoms in total. The van der Waals surface area contributed by atoms with E-state index < -0.39 is 18.9 Å². The van der Waals surface area contributed by atoms with Crippen LogP contribution in [-0.2, 0) is 29.7 Å². The van der Waals surface area contributed by atoms with E-state index in [2.05, 4.69) is 108 Å². The summed E-state index contributed by atoms with van der Waals surface area (Å²) in [4.78, 5) is 0. The van der Waals surface area contributed by atoms with E-state index in [9.17, 15) is 0 Å². The second-order valence-corrected chi connectivity index (χ2v) is 20.7. The summed E-state index contributed by atoms with van der Waals surface area (Å²) < 4.78 is 1.15. The maximum absolute atomic E-state index is 6.24. The third kappa shape index (κ3) is 8.51. The first-order valence-corrected chi connectivity index (χ1v) is 22.0. The van der Waals surface area contributed by atoms with Gasteiger partial charge in [-0.3, -0.25) is 0 Å². The van der Waals surface area contributed by atoms with Crippen LogP contribution in [0.25, 0.3) is 21.5 Å². The standard InChI is InChI=1S/C21H25.C13H10.C5H5.2ClH.Zr/c1-20(2,3)16-9-7-14-11-15-8-10-17(21(4,5)6)13-19(15)18(14)12-16;1-3-7-12(8-4-1)11-13-9-5-2-6-10-13;1-2-4-5-3-1;;;/h7-13H,1-6H3;1-10H;1-5H;2*1H;/q-1;;-1;;;+2/p-2. The number of benzene rings is 4. The molecule has 0 radical (unpaired) electrons. The van der Waals surface area contributed by atoms with Crippen LogP contribution in [0.4, 0.5) is 0 Å². The van der Waals surface area contributed by atoms with Crippen LogP contribution >= 0.6 is 17.0 Å². The fourth-order valence-electron chi connectivity index (χ4n) is 4.85. The van der Waals surface area contributed by atoms with Crippen molar-refractivity contribution in [3.05, 3.63) is 156 Å². The van der Waals surface area contributed by atoms with Gasteiger partial charge >= 0.3 is 111 Å². The Labute approximate surface area is 266 Å². The van der Waals surface area contributed by atoms with Crippen molar-refractivity contribution in [2.24, 2.45) is 0 Å². The molecule has 0 unspecified atom stereocenters. The van der Waals surface area contributed by atoms with Gasteiger partial charge in [-0.05, 0) is 10.8 Å². The van der Waals surface area contributed by atoms with Gasteiger partial charge in [0.05, 0.1) is 0 Å². The third-order valence-corrected chi connectivity index (χ3v) is 11.9. The minimum atomic E-state index is -2.44. The van der Waals surface area contributed by atoms with Gasteiger partial charge in [0.1, 0.15) is 0 Å². The number of halogens is 2. The van der Waals surface area contributed by atoms with Gasteiger partial charge < -0.3 is 0 Å². The van der Waals surface area contributed by atoms with Crippen LogP contribution in [0.15, 0.2) is 133 Å².